The van der Waals surface area contributed by atoms with Gasteiger partial charge in [-0.25, -0.2) is 0 Å². The first kappa shape index (κ1) is 16.1. The quantitative estimate of drug-likeness (QED) is 0.914. The van der Waals surface area contributed by atoms with E-state index in [0.717, 1.165) is 5.56 Å². The summed E-state index contributed by atoms with van der Waals surface area (Å²) in [6.07, 6.45) is 1.76. The number of furan rings is 1. The first-order chi connectivity index (χ1) is 11.6. The van der Waals surface area contributed by atoms with Crippen LogP contribution in [0.3, 0.4) is 0 Å². The summed E-state index contributed by atoms with van der Waals surface area (Å²) >= 11 is 0. The Balaban J connectivity index is 1.69. The topological polar surface area (TPSA) is 71.8 Å². The molecule has 6 heteroatoms. The van der Waals surface area contributed by atoms with Crippen LogP contribution in [0, 0.1) is 12.8 Å². The number of methoxy groups -OCH3 is 1. The molecule has 1 aromatic carbocycles. The molecule has 0 aliphatic carbocycles. The van der Waals surface area contributed by atoms with E-state index in [1.807, 2.05) is 25.1 Å². The predicted octanol–water partition coefficient (Wildman–Crippen LogP) is 2.27. The summed E-state index contributed by atoms with van der Waals surface area (Å²) in [4.78, 5) is 26.3. The fraction of sp³-hybridized carbons (Fsp3) is 0.333. The lowest BCUT2D eigenvalue weighted by atomic mass is 10.1. The minimum atomic E-state index is -0.377. The van der Waals surface area contributed by atoms with Gasteiger partial charge in [0.1, 0.15) is 11.5 Å². The van der Waals surface area contributed by atoms with Crippen molar-refractivity contribution in [2.75, 3.05) is 18.6 Å². The van der Waals surface area contributed by atoms with Crippen molar-refractivity contribution in [3.8, 4) is 5.75 Å². The fourth-order valence-corrected chi connectivity index (χ4v) is 2.86. The van der Waals surface area contributed by atoms with E-state index in [0.29, 0.717) is 30.3 Å². The Labute approximate surface area is 140 Å². The van der Waals surface area contributed by atoms with E-state index in [4.69, 9.17) is 9.15 Å². The number of benzene rings is 1. The number of hydrogen-bond acceptors (Lipinski definition) is 4. The van der Waals surface area contributed by atoms with Crippen LogP contribution in [-0.4, -0.2) is 25.5 Å². The molecule has 6 nitrogen and oxygen atoms in total. The summed E-state index contributed by atoms with van der Waals surface area (Å²) in [5.74, 6) is 0.721. The Morgan fingerprint density at radius 2 is 2.25 bits per heavy atom. The average molecular weight is 328 g/mol. The summed E-state index contributed by atoms with van der Waals surface area (Å²) < 4.78 is 10.5. The van der Waals surface area contributed by atoms with E-state index in [-0.39, 0.29) is 24.2 Å². The van der Waals surface area contributed by atoms with Gasteiger partial charge in [-0.05, 0) is 36.8 Å². The molecule has 2 amide bonds. The number of ether oxygens (including phenoxy) is 1. The number of rotatable bonds is 5. The first-order valence-electron chi connectivity index (χ1n) is 7.83. The molecule has 24 heavy (non-hydrogen) atoms. The van der Waals surface area contributed by atoms with Gasteiger partial charge in [-0.3, -0.25) is 9.59 Å². The fourth-order valence-electron chi connectivity index (χ4n) is 2.86. The molecule has 3 rings (SSSR count). The molecule has 1 aliphatic heterocycles. The van der Waals surface area contributed by atoms with Gasteiger partial charge in [0.25, 0.3) is 0 Å². The molecule has 1 N–H and O–H groups in total. The maximum Gasteiger partial charge on any atom is 0.227 e. The number of nitrogens with zero attached hydrogens (tertiary/aromatic N) is 1. The van der Waals surface area contributed by atoms with Gasteiger partial charge in [-0.2, -0.15) is 0 Å². The first-order valence-corrected chi connectivity index (χ1v) is 7.83. The molecule has 2 aromatic rings. The zero-order valence-corrected chi connectivity index (χ0v) is 13.7. The van der Waals surface area contributed by atoms with Crippen LogP contribution < -0.4 is 15.0 Å². The van der Waals surface area contributed by atoms with Gasteiger partial charge >= 0.3 is 0 Å². The summed E-state index contributed by atoms with van der Waals surface area (Å²) in [5, 5.41) is 2.82. The Morgan fingerprint density at radius 3 is 2.96 bits per heavy atom. The lowest BCUT2D eigenvalue weighted by molar-refractivity contribution is -0.126. The van der Waals surface area contributed by atoms with Gasteiger partial charge in [-0.15, -0.1) is 0 Å². The normalized spacial score (nSPS) is 17.2. The highest BCUT2D eigenvalue weighted by atomic mass is 16.5. The second-order valence-corrected chi connectivity index (χ2v) is 5.88. The second kappa shape index (κ2) is 6.78. The van der Waals surface area contributed by atoms with Crippen LogP contribution in [0.4, 0.5) is 5.69 Å². The maximum absolute atomic E-state index is 12.4. The Kier molecular flexibility index (Phi) is 4.55. The number of amides is 2. The van der Waals surface area contributed by atoms with E-state index in [2.05, 4.69) is 5.32 Å². The summed E-state index contributed by atoms with van der Waals surface area (Å²) in [7, 11) is 1.57. The van der Waals surface area contributed by atoms with Crippen LogP contribution in [0.1, 0.15) is 17.7 Å². The van der Waals surface area contributed by atoms with E-state index in [1.54, 1.807) is 30.4 Å². The van der Waals surface area contributed by atoms with Gasteiger partial charge in [0, 0.05) is 13.0 Å². The van der Waals surface area contributed by atoms with Gasteiger partial charge < -0.3 is 19.4 Å². The third kappa shape index (κ3) is 3.27. The summed E-state index contributed by atoms with van der Waals surface area (Å²) in [6, 6.07) is 9.23. The van der Waals surface area contributed by atoms with Crippen molar-refractivity contribution in [2.45, 2.75) is 19.9 Å². The van der Waals surface area contributed by atoms with Crippen LogP contribution in [-0.2, 0) is 16.1 Å². The van der Waals surface area contributed by atoms with Gasteiger partial charge in [0.05, 0.1) is 31.5 Å². The SMILES string of the molecule is COc1ccc(C)cc1N1C[C@@H](C(=O)NCc2ccco2)CC1=O. The van der Waals surface area contributed by atoms with Crippen molar-refractivity contribution in [1.29, 1.82) is 0 Å². The summed E-state index contributed by atoms with van der Waals surface area (Å²) in [6.45, 7) is 2.63. The van der Waals surface area contributed by atoms with Crippen molar-refractivity contribution in [3.63, 3.8) is 0 Å². The third-order valence-corrected chi connectivity index (χ3v) is 4.14. The van der Waals surface area contributed by atoms with Crippen LogP contribution in [0.25, 0.3) is 0 Å². The molecule has 2 heterocycles. The Bertz CT molecular complexity index is 739. The highest BCUT2D eigenvalue weighted by Crippen LogP contribution is 2.33. The smallest absolute Gasteiger partial charge is 0.227 e. The number of aryl methyl sites for hydroxylation is 1. The van der Waals surface area contributed by atoms with E-state index in [9.17, 15) is 9.59 Å². The van der Waals surface area contributed by atoms with Crippen LogP contribution >= 0.6 is 0 Å². The molecule has 1 saturated heterocycles. The number of nitrogens with one attached hydrogen (secondary N) is 1. The standard InChI is InChI=1S/C18H20N2O4/c1-12-5-6-16(23-2)15(8-12)20-11-13(9-17(20)21)18(22)19-10-14-4-3-7-24-14/h3-8,13H,9-11H2,1-2H3,(H,19,22)/t13-/m0/s1. The van der Waals surface area contributed by atoms with Crippen molar-refractivity contribution in [1.82, 2.24) is 5.32 Å². The Morgan fingerprint density at radius 1 is 1.42 bits per heavy atom. The number of carbonyl (C=O) groups is 2. The maximum atomic E-state index is 12.4. The third-order valence-electron chi connectivity index (χ3n) is 4.14. The molecule has 0 radical (unpaired) electrons. The van der Waals surface area contributed by atoms with Gasteiger partial charge in [-0.1, -0.05) is 6.07 Å². The van der Waals surface area contributed by atoms with E-state index < -0.39 is 0 Å². The molecule has 0 spiro atoms. The monoisotopic (exact) mass is 328 g/mol. The molecule has 1 aromatic heterocycles. The zero-order chi connectivity index (χ0) is 17.1. The van der Waals surface area contributed by atoms with Crippen LogP contribution in [0.5, 0.6) is 5.75 Å². The number of anilines is 1. The summed E-state index contributed by atoms with van der Waals surface area (Å²) in [5.41, 5.74) is 1.74. The highest BCUT2D eigenvalue weighted by Gasteiger charge is 2.36. The lowest BCUT2D eigenvalue weighted by Gasteiger charge is -2.20. The minimum absolute atomic E-state index is 0.0722. The molecule has 0 saturated carbocycles. The van der Waals surface area contributed by atoms with Crippen molar-refractivity contribution < 1.29 is 18.7 Å². The molecule has 0 unspecified atom stereocenters. The van der Waals surface area contributed by atoms with Gasteiger partial charge in [0.15, 0.2) is 0 Å². The van der Waals surface area contributed by atoms with Crippen molar-refractivity contribution in [2.24, 2.45) is 5.92 Å². The largest absolute Gasteiger partial charge is 0.495 e. The van der Waals surface area contributed by atoms with E-state index in [1.165, 1.54) is 0 Å². The zero-order valence-electron chi connectivity index (χ0n) is 13.7. The molecule has 1 fully saturated rings. The van der Waals surface area contributed by atoms with E-state index >= 15 is 0 Å². The van der Waals surface area contributed by atoms with Crippen molar-refractivity contribution in [3.05, 3.63) is 47.9 Å². The van der Waals surface area contributed by atoms with Crippen LogP contribution in [0.15, 0.2) is 41.0 Å². The number of carbonyl (C=O) groups excluding carboxylic acids is 2. The average Bonchev–Trinajstić information content (AvgIpc) is 3.22. The van der Waals surface area contributed by atoms with Crippen LogP contribution in [0.2, 0.25) is 0 Å². The molecular formula is C18H20N2O4. The second-order valence-electron chi connectivity index (χ2n) is 5.88. The Hall–Kier alpha value is -2.76. The molecule has 0 bridgehead atoms. The minimum Gasteiger partial charge on any atom is -0.495 e. The number of hydrogen-bond donors (Lipinski definition) is 1. The lowest BCUT2D eigenvalue weighted by Crippen LogP contribution is -2.32. The molecule has 1 aliphatic rings. The highest BCUT2D eigenvalue weighted by molar-refractivity contribution is 6.01. The molecular weight excluding hydrogens is 308 g/mol. The van der Waals surface area contributed by atoms with Gasteiger partial charge in [0.2, 0.25) is 11.8 Å². The molecule has 126 valence electrons. The molecule has 1 atom stereocenters. The van der Waals surface area contributed by atoms with Crippen molar-refractivity contribution >= 4 is 17.5 Å². The predicted molar refractivity (Wildman–Crippen MR) is 88.7 cm³/mol.